The van der Waals surface area contributed by atoms with Crippen LogP contribution in [0.15, 0.2) is 48.5 Å². The van der Waals surface area contributed by atoms with E-state index >= 15 is 0 Å². The van der Waals surface area contributed by atoms with Crippen LogP contribution in [0.4, 0.5) is 5.69 Å². The topological polar surface area (TPSA) is 50.8 Å². The number of para-hydroxylation sites is 1. The van der Waals surface area contributed by atoms with Gasteiger partial charge in [0.05, 0.1) is 19.8 Å². The number of carbonyl (C=O) groups is 1. The van der Waals surface area contributed by atoms with Crippen molar-refractivity contribution in [3.05, 3.63) is 59.7 Å². The number of morpholine rings is 1. The molecule has 0 spiro atoms. The summed E-state index contributed by atoms with van der Waals surface area (Å²) in [4.78, 5) is 14.8. The number of nitrogens with one attached hydrogen (secondary N) is 1. The molecule has 1 amide bonds. The molecule has 1 atom stereocenters. The number of amides is 1. The van der Waals surface area contributed by atoms with Crippen molar-refractivity contribution in [2.75, 3.05) is 44.4 Å². The second kappa shape index (κ2) is 8.44. The molecule has 0 radical (unpaired) electrons. The summed E-state index contributed by atoms with van der Waals surface area (Å²) in [5.74, 6) is 1.36. The van der Waals surface area contributed by atoms with Crippen LogP contribution >= 0.6 is 0 Å². The maximum absolute atomic E-state index is 12.5. The zero-order valence-electron chi connectivity index (χ0n) is 15.5. The van der Waals surface area contributed by atoms with Gasteiger partial charge in [-0.25, -0.2) is 0 Å². The first-order chi connectivity index (χ1) is 13.3. The highest BCUT2D eigenvalue weighted by atomic mass is 16.5. The zero-order valence-corrected chi connectivity index (χ0v) is 15.5. The van der Waals surface area contributed by atoms with E-state index in [1.165, 1.54) is 5.56 Å². The third-order valence-corrected chi connectivity index (χ3v) is 5.32. The van der Waals surface area contributed by atoms with Gasteiger partial charge >= 0.3 is 0 Å². The quantitative estimate of drug-likeness (QED) is 0.904. The van der Waals surface area contributed by atoms with E-state index in [2.05, 4.69) is 16.3 Å². The van der Waals surface area contributed by atoms with Crippen LogP contribution in [-0.4, -0.2) is 45.4 Å². The van der Waals surface area contributed by atoms with Crippen LogP contribution in [0.3, 0.4) is 0 Å². The SMILES string of the molecule is O=C(NC[C@H]1CCOc2ccccc2C1)c1ccc(N2CCOCC2)cc1. The van der Waals surface area contributed by atoms with E-state index < -0.39 is 0 Å². The van der Waals surface area contributed by atoms with Crippen LogP contribution in [0.2, 0.25) is 0 Å². The normalized spacial score (nSPS) is 19.6. The molecule has 0 bridgehead atoms. The lowest BCUT2D eigenvalue weighted by molar-refractivity contribution is 0.0945. The average molecular weight is 366 g/mol. The summed E-state index contributed by atoms with van der Waals surface area (Å²) >= 11 is 0. The van der Waals surface area contributed by atoms with Crippen LogP contribution in [0.1, 0.15) is 22.3 Å². The molecule has 27 heavy (non-hydrogen) atoms. The minimum absolute atomic E-state index is 0.0121. The molecule has 142 valence electrons. The molecule has 2 aromatic rings. The monoisotopic (exact) mass is 366 g/mol. The molecule has 2 aromatic carbocycles. The first-order valence-electron chi connectivity index (χ1n) is 9.71. The number of nitrogens with zero attached hydrogens (tertiary/aromatic N) is 1. The van der Waals surface area contributed by atoms with E-state index in [0.29, 0.717) is 24.6 Å². The molecule has 5 nitrogen and oxygen atoms in total. The maximum Gasteiger partial charge on any atom is 0.251 e. The minimum Gasteiger partial charge on any atom is -0.493 e. The van der Waals surface area contributed by atoms with E-state index in [9.17, 15) is 4.79 Å². The molecule has 0 unspecified atom stereocenters. The van der Waals surface area contributed by atoms with E-state index in [-0.39, 0.29) is 5.91 Å². The number of ether oxygens (including phenoxy) is 2. The lowest BCUT2D eigenvalue weighted by atomic mass is 9.97. The summed E-state index contributed by atoms with van der Waals surface area (Å²) in [7, 11) is 0. The van der Waals surface area contributed by atoms with Crippen LogP contribution < -0.4 is 15.0 Å². The maximum atomic E-state index is 12.5. The summed E-state index contributed by atoms with van der Waals surface area (Å²) in [6.07, 6.45) is 1.89. The molecule has 0 aromatic heterocycles. The second-order valence-corrected chi connectivity index (χ2v) is 7.17. The van der Waals surface area contributed by atoms with Gasteiger partial charge < -0.3 is 19.7 Å². The molecule has 2 heterocycles. The Morgan fingerprint density at radius 1 is 1.04 bits per heavy atom. The van der Waals surface area contributed by atoms with Crippen LogP contribution in [0.5, 0.6) is 5.75 Å². The van der Waals surface area contributed by atoms with Crippen molar-refractivity contribution >= 4 is 11.6 Å². The standard InChI is InChI=1S/C22H26N2O3/c25-22(18-5-7-20(8-6-18)24-10-13-26-14-11-24)23-16-17-9-12-27-21-4-2-1-3-19(21)15-17/h1-8,17H,9-16H2,(H,23,25)/t17-/m0/s1. The van der Waals surface area contributed by atoms with Crippen molar-refractivity contribution in [1.29, 1.82) is 0 Å². The van der Waals surface area contributed by atoms with E-state index in [4.69, 9.17) is 9.47 Å². The minimum atomic E-state index is -0.0121. The smallest absolute Gasteiger partial charge is 0.251 e. The summed E-state index contributed by atoms with van der Waals surface area (Å²) < 4.78 is 11.2. The van der Waals surface area contributed by atoms with Crippen molar-refractivity contribution in [2.24, 2.45) is 5.92 Å². The van der Waals surface area contributed by atoms with Gasteiger partial charge in [-0.3, -0.25) is 4.79 Å². The highest BCUT2D eigenvalue weighted by Crippen LogP contribution is 2.26. The average Bonchev–Trinajstić information content (AvgIpc) is 2.95. The summed E-state index contributed by atoms with van der Waals surface area (Å²) in [6, 6.07) is 16.0. The third-order valence-electron chi connectivity index (χ3n) is 5.32. The van der Waals surface area contributed by atoms with Crippen molar-refractivity contribution in [3.8, 4) is 5.75 Å². The number of fused-ring (bicyclic) bond motifs is 1. The van der Waals surface area contributed by atoms with Gasteiger partial charge in [0.25, 0.3) is 5.91 Å². The molecule has 1 fully saturated rings. The van der Waals surface area contributed by atoms with E-state index in [1.54, 1.807) is 0 Å². The van der Waals surface area contributed by atoms with Crippen molar-refractivity contribution in [2.45, 2.75) is 12.8 Å². The Morgan fingerprint density at radius 2 is 1.81 bits per heavy atom. The Kier molecular flexibility index (Phi) is 5.58. The number of rotatable bonds is 4. The first-order valence-corrected chi connectivity index (χ1v) is 9.71. The molecule has 2 aliphatic rings. The number of hydrogen-bond donors (Lipinski definition) is 1. The highest BCUT2D eigenvalue weighted by molar-refractivity contribution is 5.94. The van der Waals surface area contributed by atoms with Gasteiger partial charge in [0.15, 0.2) is 0 Å². The Labute approximate surface area is 160 Å². The van der Waals surface area contributed by atoms with Crippen molar-refractivity contribution < 1.29 is 14.3 Å². The molecule has 1 N–H and O–H groups in total. The number of carbonyl (C=O) groups excluding carboxylic acids is 1. The Balaban J connectivity index is 1.32. The number of benzene rings is 2. The zero-order chi connectivity index (χ0) is 18.5. The largest absolute Gasteiger partial charge is 0.493 e. The highest BCUT2D eigenvalue weighted by Gasteiger charge is 2.18. The van der Waals surface area contributed by atoms with E-state index in [1.807, 2.05) is 42.5 Å². The summed E-state index contributed by atoms with van der Waals surface area (Å²) in [5.41, 5.74) is 3.08. The third kappa shape index (κ3) is 4.42. The molecule has 4 rings (SSSR count). The molecule has 0 aliphatic carbocycles. The molecule has 1 saturated heterocycles. The Hall–Kier alpha value is -2.53. The predicted molar refractivity (Wildman–Crippen MR) is 106 cm³/mol. The summed E-state index contributed by atoms with van der Waals surface area (Å²) in [6.45, 7) is 4.69. The van der Waals surface area contributed by atoms with Gasteiger partial charge in [0, 0.05) is 30.9 Å². The van der Waals surface area contributed by atoms with Crippen LogP contribution in [-0.2, 0) is 11.2 Å². The Morgan fingerprint density at radius 3 is 2.63 bits per heavy atom. The Bertz CT molecular complexity index is 769. The lowest BCUT2D eigenvalue weighted by Gasteiger charge is -2.28. The number of hydrogen-bond acceptors (Lipinski definition) is 4. The number of anilines is 1. The van der Waals surface area contributed by atoms with Gasteiger partial charge in [-0.05, 0) is 54.7 Å². The van der Waals surface area contributed by atoms with Crippen molar-refractivity contribution in [3.63, 3.8) is 0 Å². The predicted octanol–water partition coefficient (Wildman–Crippen LogP) is 2.89. The fourth-order valence-corrected chi connectivity index (χ4v) is 3.72. The molecule has 0 saturated carbocycles. The van der Waals surface area contributed by atoms with Gasteiger partial charge in [-0.2, -0.15) is 0 Å². The van der Waals surface area contributed by atoms with Crippen LogP contribution in [0.25, 0.3) is 0 Å². The van der Waals surface area contributed by atoms with Gasteiger partial charge in [0.1, 0.15) is 5.75 Å². The fraction of sp³-hybridized carbons (Fsp3) is 0.409. The second-order valence-electron chi connectivity index (χ2n) is 7.17. The summed E-state index contributed by atoms with van der Waals surface area (Å²) in [5, 5.41) is 3.10. The molecular formula is C22H26N2O3. The molecule has 2 aliphatic heterocycles. The van der Waals surface area contributed by atoms with Crippen molar-refractivity contribution in [1.82, 2.24) is 5.32 Å². The van der Waals surface area contributed by atoms with Crippen LogP contribution in [0, 0.1) is 5.92 Å². The fourth-order valence-electron chi connectivity index (χ4n) is 3.72. The van der Waals surface area contributed by atoms with Gasteiger partial charge in [-0.1, -0.05) is 18.2 Å². The van der Waals surface area contributed by atoms with Gasteiger partial charge in [-0.15, -0.1) is 0 Å². The molecule has 5 heteroatoms. The van der Waals surface area contributed by atoms with E-state index in [0.717, 1.165) is 50.6 Å². The first kappa shape index (κ1) is 17.9. The molecular weight excluding hydrogens is 340 g/mol. The van der Waals surface area contributed by atoms with Gasteiger partial charge in [0.2, 0.25) is 0 Å². The lowest BCUT2D eigenvalue weighted by Crippen LogP contribution is -2.36.